The highest BCUT2D eigenvalue weighted by molar-refractivity contribution is 6.04. The van der Waals surface area contributed by atoms with Crippen molar-refractivity contribution < 1.29 is 14.6 Å². The van der Waals surface area contributed by atoms with Gasteiger partial charge in [-0.05, 0) is 18.6 Å². The third-order valence-corrected chi connectivity index (χ3v) is 2.61. The molecule has 0 spiro atoms. The number of aromatic nitrogens is 2. The molecule has 3 N–H and O–H groups in total. The zero-order chi connectivity index (χ0) is 13.0. The molecular formula is C12H15N3O3. The zero-order valence-electron chi connectivity index (χ0n) is 10.1. The molecule has 2 rings (SSSR count). The predicted molar refractivity (Wildman–Crippen MR) is 66.7 cm³/mol. The van der Waals surface area contributed by atoms with Gasteiger partial charge in [0.15, 0.2) is 5.69 Å². The molecule has 2 aromatic rings. The third kappa shape index (κ3) is 2.43. The number of carbonyl (C=O) groups excluding carboxylic acids is 1. The average molecular weight is 249 g/mol. The summed E-state index contributed by atoms with van der Waals surface area (Å²) in [7, 11) is 1.58. The van der Waals surface area contributed by atoms with Gasteiger partial charge in [0, 0.05) is 24.6 Å². The Labute approximate surface area is 104 Å². The molecule has 0 radical (unpaired) electrons. The lowest BCUT2D eigenvalue weighted by Crippen LogP contribution is -2.25. The summed E-state index contributed by atoms with van der Waals surface area (Å²) in [5, 5.41) is 18.9. The minimum Gasteiger partial charge on any atom is -0.497 e. The fourth-order valence-electron chi connectivity index (χ4n) is 1.66. The van der Waals surface area contributed by atoms with Crippen molar-refractivity contribution in [2.24, 2.45) is 0 Å². The van der Waals surface area contributed by atoms with Gasteiger partial charge in [-0.15, -0.1) is 0 Å². The summed E-state index contributed by atoms with van der Waals surface area (Å²) >= 11 is 0. The average Bonchev–Trinajstić information content (AvgIpc) is 2.81. The monoisotopic (exact) mass is 249 g/mol. The SMILES string of the molecule is COc1ccc2c(C(=O)NCCCO)n[nH]c2c1. The van der Waals surface area contributed by atoms with Crippen molar-refractivity contribution >= 4 is 16.8 Å². The van der Waals surface area contributed by atoms with E-state index >= 15 is 0 Å². The minimum atomic E-state index is -0.250. The van der Waals surface area contributed by atoms with Gasteiger partial charge in [0.05, 0.1) is 12.6 Å². The van der Waals surface area contributed by atoms with Crippen LogP contribution in [0.1, 0.15) is 16.9 Å². The van der Waals surface area contributed by atoms with Gasteiger partial charge < -0.3 is 15.2 Å². The quantitative estimate of drug-likeness (QED) is 0.680. The second-order valence-corrected chi connectivity index (χ2v) is 3.82. The Bertz CT molecular complexity index is 550. The van der Waals surface area contributed by atoms with Crippen LogP contribution in [0.4, 0.5) is 0 Å². The van der Waals surface area contributed by atoms with Crippen molar-refractivity contribution in [3.8, 4) is 5.75 Å². The van der Waals surface area contributed by atoms with Crippen molar-refractivity contribution in [2.45, 2.75) is 6.42 Å². The van der Waals surface area contributed by atoms with Crippen molar-refractivity contribution in [3.05, 3.63) is 23.9 Å². The summed E-state index contributed by atoms with van der Waals surface area (Å²) in [6, 6.07) is 5.35. The fraction of sp³-hybridized carbons (Fsp3) is 0.333. The normalized spacial score (nSPS) is 10.6. The molecule has 0 unspecified atom stereocenters. The number of fused-ring (bicyclic) bond motifs is 1. The number of nitrogens with one attached hydrogen (secondary N) is 2. The van der Waals surface area contributed by atoms with E-state index in [-0.39, 0.29) is 12.5 Å². The summed E-state index contributed by atoms with van der Waals surface area (Å²) in [6.45, 7) is 0.485. The Hall–Kier alpha value is -2.08. The Morgan fingerprint density at radius 2 is 2.39 bits per heavy atom. The molecule has 0 saturated heterocycles. The maximum absolute atomic E-state index is 11.8. The van der Waals surface area contributed by atoms with Crippen LogP contribution in [0.25, 0.3) is 10.9 Å². The van der Waals surface area contributed by atoms with Crippen LogP contribution in [-0.4, -0.2) is 41.5 Å². The maximum Gasteiger partial charge on any atom is 0.272 e. The van der Waals surface area contributed by atoms with E-state index in [4.69, 9.17) is 9.84 Å². The number of H-pyrrole nitrogens is 1. The first-order valence-electron chi connectivity index (χ1n) is 5.67. The number of rotatable bonds is 5. The number of methoxy groups -OCH3 is 1. The van der Waals surface area contributed by atoms with Gasteiger partial charge in [0.25, 0.3) is 5.91 Å². The number of hydrogen-bond acceptors (Lipinski definition) is 4. The molecular weight excluding hydrogens is 234 g/mol. The lowest BCUT2D eigenvalue weighted by atomic mass is 10.2. The third-order valence-electron chi connectivity index (χ3n) is 2.61. The largest absolute Gasteiger partial charge is 0.497 e. The Kier molecular flexibility index (Phi) is 3.78. The summed E-state index contributed by atoms with van der Waals surface area (Å²) in [6.07, 6.45) is 0.530. The van der Waals surface area contributed by atoms with Gasteiger partial charge in [-0.3, -0.25) is 9.89 Å². The van der Waals surface area contributed by atoms with Gasteiger partial charge >= 0.3 is 0 Å². The number of ether oxygens (including phenoxy) is 1. The van der Waals surface area contributed by atoms with Crippen LogP contribution in [0.2, 0.25) is 0 Å². The van der Waals surface area contributed by atoms with Crippen LogP contribution in [0.3, 0.4) is 0 Å². The number of aliphatic hydroxyl groups is 1. The number of benzene rings is 1. The number of hydrogen-bond donors (Lipinski definition) is 3. The highest BCUT2D eigenvalue weighted by atomic mass is 16.5. The van der Waals surface area contributed by atoms with Gasteiger partial charge in [0.1, 0.15) is 5.75 Å². The highest BCUT2D eigenvalue weighted by Gasteiger charge is 2.13. The Balaban J connectivity index is 2.21. The Morgan fingerprint density at radius 1 is 1.56 bits per heavy atom. The smallest absolute Gasteiger partial charge is 0.272 e. The number of amides is 1. The topological polar surface area (TPSA) is 87.2 Å². The first-order valence-corrected chi connectivity index (χ1v) is 5.67. The second-order valence-electron chi connectivity index (χ2n) is 3.82. The molecule has 96 valence electrons. The molecule has 1 heterocycles. The zero-order valence-corrected chi connectivity index (χ0v) is 10.1. The summed E-state index contributed by atoms with van der Waals surface area (Å²) in [4.78, 5) is 11.8. The first kappa shape index (κ1) is 12.4. The predicted octanol–water partition coefficient (Wildman–Crippen LogP) is 0.684. The molecule has 0 bridgehead atoms. The lowest BCUT2D eigenvalue weighted by molar-refractivity contribution is 0.0947. The van der Waals surface area contributed by atoms with E-state index in [1.54, 1.807) is 25.3 Å². The molecule has 1 amide bonds. The molecule has 6 nitrogen and oxygen atoms in total. The van der Waals surface area contributed by atoms with Gasteiger partial charge in [-0.1, -0.05) is 0 Å². The number of carbonyl (C=O) groups is 1. The van der Waals surface area contributed by atoms with Crippen molar-refractivity contribution in [3.63, 3.8) is 0 Å². The Morgan fingerprint density at radius 3 is 3.11 bits per heavy atom. The molecule has 0 aliphatic carbocycles. The van der Waals surface area contributed by atoms with Crippen LogP contribution in [-0.2, 0) is 0 Å². The van der Waals surface area contributed by atoms with E-state index in [9.17, 15) is 4.79 Å². The van der Waals surface area contributed by atoms with E-state index in [0.717, 1.165) is 10.9 Å². The second kappa shape index (κ2) is 5.50. The number of nitrogens with zero attached hydrogens (tertiary/aromatic N) is 1. The molecule has 0 fully saturated rings. The molecule has 1 aromatic carbocycles. The number of aromatic amines is 1. The molecule has 0 atom stereocenters. The summed E-state index contributed by atoms with van der Waals surface area (Å²) < 4.78 is 5.10. The molecule has 18 heavy (non-hydrogen) atoms. The van der Waals surface area contributed by atoms with E-state index in [1.165, 1.54) is 0 Å². The molecule has 0 saturated carbocycles. The summed E-state index contributed by atoms with van der Waals surface area (Å²) in [5.41, 5.74) is 1.10. The minimum absolute atomic E-state index is 0.0544. The van der Waals surface area contributed by atoms with E-state index in [0.29, 0.717) is 24.4 Å². The molecule has 6 heteroatoms. The lowest BCUT2D eigenvalue weighted by Gasteiger charge is -2.02. The van der Waals surface area contributed by atoms with Gasteiger partial charge in [-0.25, -0.2) is 0 Å². The van der Waals surface area contributed by atoms with E-state index < -0.39 is 0 Å². The molecule has 1 aromatic heterocycles. The van der Waals surface area contributed by atoms with Crippen molar-refractivity contribution in [1.29, 1.82) is 0 Å². The molecule has 0 aliphatic heterocycles. The highest BCUT2D eigenvalue weighted by Crippen LogP contribution is 2.21. The fourth-order valence-corrected chi connectivity index (χ4v) is 1.66. The van der Waals surface area contributed by atoms with Crippen LogP contribution in [0.15, 0.2) is 18.2 Å². The van der Waals surface area contributed by atoms with Crippen molar-refractivity contribution in [1.82, 2.24) is 15.5 Å². The van der Waals surface area contributed by atoms with Crippen LogP contribution < -0.4 is 10.1 Å². The van der Waals surface area contributed by atoms with Crippen LogP contribution in [0.5, 0.6) is 5.75 Å². The first-order chi connectivity index (χ1) is 8.76. The van der Waals surface area contributed by atoms with Crippen LogP contribution in [0, 0.1) is 0 Å². The number of aliphatic hydroxyl groups excluding tert-OH is 1. The molecule has 0 aliphatic rings. The maximum atomic E-state index is 11.8. The van der Waals surface area contributed by atoms with Gasteiger partial charge in [-0.2, -0.15) is 5.10 Å². The van der Waals surface area contributed by atoms with Gasteiger partial charge in [0.2, 0.25) is 0 Å². The van der Waals surface area contributed by atoms with Crippen LogP contribution >= 0.6 is 0 Å². The van der Waals surface area contributed by atoms with Crippen molar-refractivity contribution in [2.75, 3.05) is 20.3 Å². The summed E-state index contributed by atoms with van der Waals surface area (Å²) in [5.74, 6) is 0.457. The standard InChI is InChI=1S/C12H15N3O3/c1-18-8-3-4-9-10(7-8)14-15-11(9)12(17)13-5-2-6-16/h3-4,7,16H,2,5-6H2,1H3,(H,13,17)(H,14,15). The van der Waals surface area contributed by atoms with E-state index in [1.807, 2.05) is 0 Å². The van der Waals surface area contributed by atoms with E-state index in [2.05, 4.69) is 15.5 Å².